The van der Waals surface area contributed by atoms with Gasteiger partial charge in [-0.2, -0.15) is 0 Å². The Morgan fingerprint density at radius 1 is 1.35 bits per heavy atom. The molecular formula is C12H25NO4. The number of nitrogens with one attached hydrogen (secondary N) is 1. The highest BCUT2D eigenvalue weighted by Gasteiger charge is 2.32. The molecule has 0 aliphatic carbocycles. The van der Waals surface area contributed by atoms with Crippen LogP contribution in [0, 0.1) is 5.41 Å². The van der Waals surface area contributed by atoms with Gasteiger partial charge in [-0.3, -0.25) is 0 Å². The summed E-state index contributed by atoms with van der Waals surface area (Å²) >= 11 is 0. The molecule has 17 heavy (non-hydrogen) atoms. The van der Waals surface area contributed by atoms with E-state index in [0.29, 0.717) is 33.0 Å². The largest absolute Gasteiger partial charge is 0.389 e. The molecular weight excluding hydrogens is 222 g/mol. The van der Waals surface area contributed by atoms with Crippen molar-refractivity contribution in [1.29, 1.82) is 0 Å². The summed E-state index contributed by atoms with van der Waals surface area (Å²) in [5.74, 6) is 0. The molecule has 1 heterocycles. The molecule has 0 spiro atoms. The Bertz CT molecular complexity index is 197. The van der Waals surface area contributed by atoms with Crippen LogP contribution in [0.2, 0.25) is 0 Å². The van der Waals surface area contributed by atoms with Crippen molar-refractivity contribution in [3.05, 3.63) is 0 Å². The summed E-state index contributed by atoms with van der Waals surface area (Å²) in [4.78, 5) is 0. The molecule has 1 fully saturated rings. The first-order valence-corrected chi connectivity index (χ1v) is 6.28. The van der Waals surface area contributed by atoms with E-state index in [0.717, 1.165) is 19.8 Å². The van der Waals surface area contributed by atoms with Crippen molar-refractivity contribution >= 4 is 0 Å². The van der Waals surface area contributed by atoms with Gasteiger partial charge in [-0.25, -0.2) is 0 Å². The smallest absolute Gasteiger partial charge is 0.0897 e. The van der Waals surface area contributed by atoms with E-state index in [1.54, 1.807) is 0 Å². The fourth-order valence-electron chi connectivity index (χ4n) is 1.63. The summed E-state index contributed by atoms with van der Waals surface area (Å²) in [7, 11) is 0. The second kappa shape index (κ2) is 8.00. The van der Waals surface area contributed by atoms with Gasteiger partial charge in [0.05, 0.1) is 39.1 Å². The first-order valence-electron chi connectivity index (χ1n) is 6.28. The summed E-state index contributed by atoms with van der Waals surface area (Å²) < 4.78 is 15.6. The molecule has 5 nitrogen and oxygen atoms in total. The SMILES string of the molecule is CCOCCOCC(O)CNCC1(C)COC1. The van der Waals surface area contributed by atoms with Crippen LogP contribution in [-0.2, 0) is 14.2 Å². The third-order valence-electron chi connectivity index (χ3n) is 2.72. The minimum atomic E-state index is -0.457. The van der Waals surface area contributed by atoms with Crippen molar-refractivity contribution in [3.8, 4) is 0 Å². The summed E-state index contributed by atoms with van der Waals surface area (Å²) in [5, 5.41) is 12.9. The van der Waals surface area contributed by atoms with E-state index in [-0.39, 0.29) is 5.41 Å². The maximum Gasteiger partial charge on any atom is 0.0897 e. The number of hydrogen-bond donors (Lipinski definition) is 2. The molecule has 5 heteroatoms. The predicted molar refractivity (Wildman–Crippen MR) is 65.1 cm³/mol. The fourth-order valence-corrected chi connectivity index (χ4v) is 1.63. The molecule has 0 aromatic carbocycles. The second-order valence-electron chi connectivity index (χ2n) is 4.86. The maximum atomic E-state index is 9.63. The lowest BCUT2D eigenvalue weighted by Crippen LogP contribution is -2.48. The van der Waals surface area contributed by atoms with E-state index in [2.05, 4.69) is 12.2 Å². The Labute approximate surface area is 103 Å². The first-order chi connectivity index (χ1) is 8.16. The normalized spacial score (nSPS) is 19.9. The fraction of sp³-hybridized carbons (Fsp3) is 1.00. The quantitative estimate of drug-likeness (QED) is 0.533. The van der Waals surface area contributed by atoms with Gasteiger partial charge >= 0.3 is 0 Å². The summed E-state index contributed by atoms with van der Waals surface area (Å²) in [5.41, 5.74) is 0.246. The lowest BCUT2D eigenvalue weighted by atomic mass is 9.89. The second-order valence-corrected chi connectivity index (χ2v) is 4.86. The predicted octanol–water partition coefficient (Wildman–Crippen LogP) is 0.0265. The van der Waals surface area contributed by atoms with Crippen LogP contribution >= 0.6 is 0 Å². The van der Waals surface area contributed by atoms with Gasteiger partial charge < -0.3 is 24.6 Å². The highest BCUT2D eigenvalue weighted by atomic mass is 16.5. The van der Waals surface area contributed by atoms with Gasteiger partial charge in [0.2, 0.25) is 0 Å². The minimum absolute atomic E-state index is 0.246. The van der Waals surface area contributed by atoms with Crippen molar-refractivity contribution < 1.29 is 19.3 Å². The molecule has 0 bridgehead atoms. The molecule has 1 unspecified atom stereocenters. The van der Waals surface area contributed by atoms with Crippen LogP contribution in [0.15, 0.2) is 0 Å². The Balaban J connectivity index is 1.88. The summed E-state index contributed by atoms with van der Waals surface area (Å²) in [6.07, 6.45) is -0.457. The number of hydrogen-bond acceptors (Lipinski definition) is 5. The number of ether oxygens (including phenoxy) is 3. The van der Waals surface area contributed by atoms with E-state index in [1.165, 1.54) is 0 Å². The van der Waals surface area contributed by atoms with Crippen LogP contribution in [0.4, 0.5) is 0 Å². The summed E-state index contributed by atoms with van der Waals surface area (Å²) in [6, 6.07) is 0. The van der Waals surface area contributed by atoms with Crippen molar-refractivity contribution in [3.63, 3.8) is 0 Å². The van der Waals surface area contributed by atoms with Crippen LogP contribution in [0.25, 0.3) is 0 Å². The van der Waals surface area contributed by atoms with Crippen LogP contribution < -0.4 is 5.32 Å². The van der Waals surface area contributed by atoms with Crippen molar-refractivity contribution in [1.82, 2.24) is 5.32 Å². The highest BCUT2D eigenvalue weighted by Crippen LogP contribution is 2.24. The zero-order chi connectivity index (χ0) is 12.6. The molecule has 102 valence electrons. The number of aliphatic hydroxyl groups excluding tert-OH is 1. The maximum absolute atomic E-state index is 9.63. The minimum Gasteiger partial charge on any atom is -0.389 e. The van der Waals surface area contributed by atoms with Gasteiger partial charge in [0.25, 0.3) is 0 Å². The lowest BCUT2D eigenvalue weighted by molar-refractivity contribution is -0.100. The van der Waals surface area contributed by atoms with E-state index >= 15 is 0 Å². The van der Waals surface area contributed by atoms with Gasteiger partial charge in [-0.1, -0.05) is 6.92 Å². The van der Waals surface area contributed by atoms with E-state index in [9.17, 15) is 5.11 Å². The molecule has 0 aromatic rings. The molecule has 1 rings (SSSR count). The van der Waals surface area contributed by atoms with Crippen molar-refractivity contribution in [2.24, 2.45) is 5.41 Å². The molecule has 1 saturated heterocycles. The molecule has 0 aromatic heterocycles. The lowest BCUT2D eigenvalue weighted by Gasteiger charge is -2.38. The van der Waals surface area contributed by atoms with Crippen molar-refractivity contribution in [2.45, 2.75) is 20.0 Å². The molecule has 1 aliphatic rings. The van der Waals surface area contributed by atoms with Crippen LogP contribution in [-0.4, -0.2) is 63.9 Å². The zero-order valence-corrected chi connectivity index (χ0v) is 10.9. The average Bonchev–Trinajstić information content (AvgIpc) is 2.26. The third-order valence-corrected chi connectivity index (χ3v) is 2.72. The number of aliphatic hydroxyl groups is 1. The molecule has 0 saturated carbocycles. The topological polar surface area (TPSA) is 60.0 Å². The zero-order valence-electron chi connectivity index (χ0n) is 10.9. The summed E-state index contributed by atoms with van der Waals surface area (Å²) in [6.45, 7) is 9.36. The van der Waals surface area contributed by atoms with Gasteiger partial charge in [0, 0.05) is 25.1 Å². The van der Waals surface area contributed by atoms with Crippen LogP contribution in [0.5, 0.6) is 0 Å². The molecule has 2 N–H and O–H groups in total. The Hall–Kier alpha value is -0.200. The monoisotopic (exact) mass is 247 g/mol. The average molecular weight is 247 g/mol. The van der Waals surface area contributed by atoms with Crippen LogP contribution in [0.1, 0.15) is 13.8 Å². The standard InChI is InChI=1S/C12H25NO4/c1-3-15-4-5-16-7-11(14)6-13-8-12(2)9-17-10-12/h11,13-14H,3-10H2,1-2H3. The van der Waals surface area contributed by atoms with E-state index in [1.807, 2.05) is 6.92 Å². The van der Waals surface area contributed by atoms with E-state index < -0.39 is 6.10 Å². The van der Waals surface area contributed by atoms with Gasteiger partial charge in [0.1, 0.15) is 0 Å². The van der Waals surface area contributed by atoms with Gasteiger partial charge in [-0.15, -0.1) is 0 Å². The molecule has 1 atom stereocenters. The third kappa shape index (κ3) is 6.33. The Kier molecular flexibility index (Phi) is 6.99. The van der Waals surface area contributed by atoms with Gasteiger partial charge in [0.15, 0.2) is 0 Å². The molecule has 0 amide bonds. The first kappa shape index (κ1) is 14.9. The Morgan fingerprint density at radius 2 is 2.06 bits per heavy atom. The Morgan fingerprint density at radius 3 is 2.65 bits per heavy atom. The van der Waals surface area contributed by atoms with Gasteiger partial charge in [-0.05, 0) is 6.92 Å². The highest BCUT2D eigenvalue weighted by molar-refractivity contribution is 4.83. The molecule has 0 radical (unpaired) electrons. The van der Waals surface area contributed by atoms with Crippen LogP contribution in [0.3, 0.4) is 0 Å². The van der Waals surface area contributed by atoms with E-state index in [4.69, 9.17) is 14.2 Å². The van der Waals surface area contributed by atoms with Crippen molar-refractivity contribution in [2.75, 3.05) is 52.7 Å². The molecule has 1 aliphatic heterocycles. The number of rotatable bonds is 10.